The molecule has 0 unspecified atom stereocenters. The maximum atomic E-state index is 12.3. The summed E-state index contributed by atoms with van der Waals surface area (Å²) >= 11 is 0. The van der Waals surface area contributed by atoms with Gasteiger partial charge in [0.25, 0.3) is 0 Å². The summed E-state index contributed by atoms with van der Waals surface area (Å²) in [7, 11) is 1.89. The van der Waals surface area contributed by atoms with Crippen LogP contribution < -0.4 is 5.32 Å². The van der Waals surface area contributed by atoms with E-state index >= 15 is 0 Å². The summed E-state index contributed by atoms with van der Waals surface area (Å²) in [5.41, 5.74) is 1.04. The van der Waals surface area contributed by atoms with E-state index in [0.29, 0.717) is 18.3 Å². The molecule has 0 spiro atoms. The number of anilines is 1. The van der Waals surface area contributed by atoms with Crippen molar-refractivity contribution in [2.75, 3.05) is 18.5 Å². The number of aryl methyl sites for hydroxylation is 1. The first-order chi connectivity index (χ1) is 11.1. The number of rotatable bonds is 4. The Kier molecular flexibility index (Phi) is 5.36. The molecule has 1 saturated heterocycles. The average Bonchev–Trinajstić information content (AvgIpc) is 2.89. The van der Waals surface area contributed by atoms with Crippen molar-refractivity contribution in [1.82, 2.24) is 9.78 Å². The van der Waals surface area contributed by atoms with Crippen LogP contribution in [0, 0.1) is 11.8 Å². The second-order valence-electron chi connectivity index (χ2n) is 7.38. The van der Waals surface area contributed by atoms with Crippen LogP contribution in [0.2, 0.25) is 0 Å². The summed E-state index contributed by atoms with van der Waals surface area (Å²) in [4.78, 5) is 12.3. The Bertz CT molecular complexity index is 534. The minimum atomic E-state index is 0.124. The molecule has 5 nitrogen and oxygen atoms in total. The second kappa shape index (κ2) is 7.47. The van der Waals surface area contributed by atoms with E-state index in [1.165, 1.54) is 25.7 Å². The van der Waals surface area contributed by atoms with Crippen LogP contribution in [0.25, 0.3) is 0 Å². The monoisotopic (exact) mass is 319 g/mol. The molecule has 1 aliphatic heterocycles. The molecule has 128 valence electrons. The lowest BCUT2D eigenvalue weighted by molar-refractivity contribution is -0.117. The van der Waals surface area contributed by atoms with Crippen LogP contribution in [0.1, 0.15) is 63.5 Å². The summed E-state index contributed by atoms with van der Waals surface area (Å²) in [6.07, 6.45) is 7.78. The van der Waals surface area contributed by atoms with Gasteiger partial charge in [0.15, 0.2) is 0 Å². The molecule has 1 aromatic rings. The normalized spacial score (nSPS) is 28.5. The van der Waals surface area contributed by atoms with E-state index in [0.717, 1.165) is 43.5 Å². The van der Waals surface area contributed by atoms with Crippen molar-refractivity contribution < 1.29 is 9.53 Å². The molecule has 3 atom stereocenters. The first kappa shape index (κ1) is 16.5. The zero-order valence-electron chi connectivity index (χ0n) is 14.4. The topological polar surface area (TPSA) is 56.1 Å². The minimum absolute atomic E-state index is 0.124. The number of ether oxygens (including phenoxy) is 1. The Morgan fingerprint density at radius 1 is 1.39 bits per heavy atom. The van der Waals surface area contributed by atoms with E-state index in [9.17, 15) is 4.79 Å². The highest BCUT2D eigenvalue weighted by Gasteiger charge is 2.23. The first-order valence-electron chi connectivity index (χ1n) is 9.03. The van der Waals surface area contributed by atoms with Crippen molar-refractivity contribution in [3.8, 4) is 0 Å². The van der Waals surface area contributed by atoms with E-state index in [1.54, 1.807) is 4.68 Å². The Balaban J connectivity index is 1.56. The van der Waals surface area contributed by atoms with Crippen molar-refractivity contribution in [1.29, 1.82) is 0 Å². The second-order valence-corrected chi connectivity index (χ2v) is 7.38. The molecule has 1 aromatic heterocycles. The van der Waals surface area contributed by atoms with Gasteiger partial charge in [-0.15, -0.1) is 0 Å². The van der Waals surface area contributed by atoms with Crippen LogP contribution in [-0.4, -0.2) is 28.9 Å². The molecule has 5 heteroatoms. The molecule has 1 amide bonds. The summed E-state index contributed by atoms with van der Waals surface area (Å²) in [5, 5.41) is 7.62. The van der Waals surface area contributed by atoms with Gasteiger partial charge in [-0.3, -0.25) is 9.48 Å². The first-order valence-corrected chi connectivity index (χ1v) is 9.03. The zero-order chi connectivity index (χ0) is 16.2. The summed E-state index contributed by atoms with van der Waals surface area (Å²) in [5.74, 6) is 2.59. The summed E-state index contributed by atoms with van der Waals surface area (Å²) in [6.45, 7) is 3.89. The smallest absolute Gasteiger partial charge is 0.225 e. The Morgan fingerprint density at radius 3 is 3.00 bits per heavy atom. The Morgan fingerprint density at radius 2 is 2.26 bits per heavy atom. The highest BCUT2D eigenvalue weighted by Crippen LogP contribution is 2.31. The number of aromatic nitrogens is 2. The van der Waals surface area contributed by atoms with Crippen LogP contribution >= 0.6 is 0 Å². The number of hydrogen-bond acceptors (Lipinski definition) is 3. The highest BCUT2D eigenvalue weighted by atomic mass is 16.5. The molecule has 1 N–H and O–H groups in total. The number of carbonyl (C=O) groups excluding carboxylic acids is 1. The minimum Gasteiger partial charge on any atom is -0.381 e. The average molecular weight is 319 g/mol. The van der Waals surface area contributed by atoms with Gasteiger partial charge in [-0.25, -0.2) is 0 Å². The number of nitrogens with zero attached hydrogens (tertiary/aromatic N) is 2. The third-order valence-electron chi connectivity index (χ3n) is 5.26. The summed E-state index contributed by atoms with van der Waals surface area (Å²) < 4.78 is 7.32. The van der Waals surface area contributed by atoms with Crippen LogP contribution in [0.3, 0.4) is 0 Å². The van der Waals surface area contributed by atoms with Crippen molar-refractivity contribution >= 4 is 11.7 Å². The van der Waals surface area contributed by atoms with Gasteiger partial charge in [-0.05, 0) is 37.5 Å². The third-order valence-corrected chi connectivity index (χ3v) is 5.26. The van der Waals surface area contributed by atoms with Crippen LogP contribution in [-0.2, 0) is 16.6 Å². The molecule has 1 saturated carbocycles. The molecule has 1 aliphatic carbocycles. The van der Waals surface area contributed by atoms with Crippen molar-refractivity contribution in [3.05, 3.63) is 11.8 Å². The lowest BCUT2D eigenvalue weighted by Gasteiger charge is -2.26. The van der Waals surface area contributed by atoms with E-state index in [4.69, 9.17) is 4.74 Å². The summed E-state index contributed by atoms with van der Waals surface area (Å²) in [6, 6.07) is 2.01. The fourth-order valence-electron chi connectivity index (χ4n) is 3.98. The molecule has 2 aliphatic rings. The SMILES string of the molecule is C[C@@H]1CCC[C@H](CC(=O)Nc2cc([C@H]3CCCOC3)nn2C)C1. The maximum absolute atomic E-state index is 12.3. The lowest BCUT2D eigenvalue weighted by Crippen LogP contribution is -2.21. The van der Waals surface area contributed by atoms with Gasteiger partial charge in [0.1, 0.15) is 5.82 Å². The fourth-order valence-corrected chi connectivity index (χ4v) is 3.98. The van der Waals surface area contributed by atoms with Crippen molar-refractivity contribution in [3.63, 3.8) is 0 Å². The molecular weight excluding hydrogens is 290 g/mol. The third kappa shape index (κ3) is 4.34. The lowest BCUT2D eigenvalue weighted by atomic mass is 9.81. The van der Waals surface area contributed by atoms with E-state index in [-0.39, 0.29) is 5.91 Å². The largest absolute Gasteiger partial charge is 0.381 e. The molecule has 3 rings (SSSR count). The molecule has 2 fully saturated rings. The van der Waals surface area contributed by atoms with Crippen LogP contribution in [0.4, 0.5) is 5.82 Å². The van der Waals surface area contributed by atoms with Gasteiger partial charge in [0.2, 0.25) is 5.91 Å². The van der Waals surface area contributed by atoms with E-state index in [2.05, 4.69) is 17.3 Å². The Hall–Kier alpha value is -1.36. The van der Waals surface area contributed by atoms with Crippen molar-refractivity contribution in [2.45, 2.75) is 57.8 Å². The maximum Gasteiger partial charge on any atom is 0.225 e. The molecule has 0 radical (unpaired) electrons. The number of amides is 1. The standard InChI is InChI=1S/C18H29N3O2/c1-13-5-3-6-14(9-13)10-18(22)19-17-11-16(20-21(17)2)15-7-4-8-23-12-15/h11,13-15H,3-10,12H2,1-2H3,(H,19,22)/t13-,14+,15+/m1/s1. The van der Waals surface area contributed by atoms with Gasteiger partial charge < -0.3 is 10.1 Å². The van der Waals surface area contributed by atoms with Crippen LogP contribution in [0.5, 0.6) is 0 Å². The number of nitrogens with one attached hydrogen (secondary N) is 1. The quantitative estimate of drug-likeness (QED) is 0.924. The predicted octanol–water partition coefficient (Wildman–Crippen LogP) is 3.47. The van der Waals surface area contributed by atoms with Gasteiger partial charge in [-0.1, -0.05) is 19.8 Å². The molecule has 0 aromatic carbocycles. The van der Waals surface area contributed by atoms with Crippen LogP contribution in [0.15, 0.2) is 6.07 Å². The van der Waals surface area contributed by atoms with Gasteiger partial charge in [0.05, 0.1) is 12.3 Å². The number of carbonyl (C=O) groups is 1. The zero-order valence-corrected chi connectivity index (χ0v) is 14.4. The fraction of sp³-hybridized carbons (Fsp3) is 0.778. The molecule has 2 heterocycles. The molecule has 23 heavy (non-hydrogen) atoms. The van der Waals surface area contributed by atoms with Gasteiger partial charge >= 0.3 is 0 Å². The highest BCUT2D eigenvalue weighted by molar-refractivity contribution is 5.90. The number of hydrogen-bond donors (Lipinski definition) is 1. The van der Waals surface area contributed by atoms with Gasteiger partial charge in [0, 0.05) is 32.1 Å². The predicted molar refractivity (Wildman–Crippen MR) is 90.4 cm³/mol. The van der Waals surface area contributed by atoms with Gasteiger partial charge in [-0.2, -0.15) is 5.10 Å². The molecular formula is C18H29N3O2. The van der Waals surface area contributed by atoms with Crippen molar-refractivity contribution in [2.24, 2.45) is 18.9 Å². The Labute approximate surface area is 138 Å². The van der Waals surface area contributed by atoms with E-state index in [1.807, 2.05) is 13.1 Å². The van der Waals surface area contributed by atoms with E-state index < -0.39 is 0 Å². The molecule has 0 bridgehead atoms.